The Morgan fingerprint density at radius 2 is 0.769 bits per heavy atom. The second-order valence-electron chi connectivity index (χ2n) is 30.7. The van der Waals surface area contributed by atoms with Crippen molar-refractivity contribution in [2.75, 3.05) is 32.7 Å². The first-order valence-corrected chi connectivity index (χ1v) is 41.1. The SMILES string of the molecule is CC(C)C[C@H](NC(=O)CNC(=O)[C@H](CCC(N)=O)NC(=O)[C@@H]1CCCN1C(=O)[C@H](C)NC(=O)CNC(=O)[C@H](C)NC(=O)[C@@H](NC(=O)[C@H](CCC(=O)O)NC(=O)[C@H](CCC(=O)O)NC(=O)[C@H](CCC(=O)O)NC(=O)[C@H](CCC(=O)O)NC(=O)[C@H](CCC(=O)O)NC(=O)[C@@H](N)CCC(N)=O)[C@@H](C)O)C(=O)N[C@@H](Cc1ccccc1)C(=O)N[C@@H](CCCNC(=N)N)C(=O)NCC(N)=O. The number of nitrogens with one attached hydrogen (secondary N) is 17. The number of carboxylic acids is 5. The van der Waals surface area contributed by atoms with Crippen molar-refractivity contribution in [1.82, 2.24) is 90.0 Å². The first-order valence-electron chi connectivity index (χ1n) is 41.1. The van der Waals surface area contributed by atoms with Gasteiger partial charge < -0.3 is 149 Å². The number of nitrogens with zero attached hydrogens (tertiary/aromatic N) is 1. The molecule has 15 atom stereocenters. The maximum Gasteiger partial charge on any atom is 0.303 e. The second kappa shape index (κ2) is 57.4. The molecule has 0 saturated carbocycles. The Morgan fingerprint density at radius 1 is 0.392 bits per heavy atom. The van der Waals surface area contributed by atoms with Crippen LogP contribution in [0.4, 0.5) is 0 Å². The van der Waals surface area contributed by atoms with Crippen molar-refractivity contribution in [2.45, 2.75) is 254 Å². The number of amides is 19. The number of benzene rings is 1. The third-order valence-corrected chi connectivity index (χ3v) is 19.3. The van der Waals surface area contributed by atoms with Crippen LogP contribution in [-0.2, 0) is 121 Å². The predicted octanol–water partition coefficient (Wildman–Crippen LogP) is -11.2. The largest absolute Gasteiger partial charge is 0.481 e. The normalized spacial score (nSPS) is 15.3. The molecule has 1 fully saturated rings. The number of aliphatic hydroxyl groups excluding tert-OH is 1. The van der Waals surface area contributed by atoms with Gasteiger partial charge in [-0.1, -0.05) is 44.2 Å². The summed E-state index contributed by atoms with van der Waals surface area (Å²) in [6, 6.07) is -15.2. The Hall–Kier alpha value is -14.3. The van der Waals surface area contributed by atoms with Crippen LogP contribution in [0.3, 0.4) is 0 Å². The Kier molecular flexibility index (Phi) is 49.4. The molecule has 1 heterocycles. The van der Waals surface area contributed by atoms with Crippen LogP contribution in [0.5, 0.6) is 0 Å². The van der Waals surface area contributed by atoms with E-state index in [-0.39, 0.29) is 69.9 Å². The van der Waals surface area contributed by atoms with E-state index in [4.69, 9.17) is 34.1 Å². The second-order valence-corrected chi connectivity index (χ2v) is 30.7. The van der Waals surface area contributed by atoms with E-state index in [0.717, 1.165) is 18.7 Å². The van der Waals surface area contributed by atoms with E-state index in [1.165, 1.54) is 6.92 Å². The van der Waals surface area contributed by atoms with E-state index in [1.54, 1.807) is 44.2 Å². The molecule has 0 aliphatic carbocycles. The number of hydrogen-bond acceptors (Lipinski definition) is 27. The van der Waals surface area contributed by atoms with Gasteiger partial charge in [0.1, 0.15) is 78.5 Å². The minimum Gasteiger partial charge on any atom is -0.481 e. The van der Waals surface area contributed by atoms with Crippen molar-refractivity contribution in [1.29, 1.82) is 5.41 Å². The van der Waals surface area contributed by atoms with Crippen LogP contribution in [0, 0.1) is 11.3 Å². The number of guanidine groups is 1. The molecule has 0 spiro atoms. The molecule has 0 unspecified atom stereocenters. The molecule has 33 N–H and O–H groups in total. The maximum absolute atomic E-state index is 14.2. The summed E-state index contributed by atoms with van der Waals surface area (Å²) in [5, 5.41) is 103. The number of carbonyl (C=O) groups is 24. The summed E-state index contributed by atoms with van der Waals surface area (Å²) < 4.78 is 0. The first-order chi connectivity index (χ1) is 60.9. The fraction of sp³-hybridized carbons (Fsp3) is 0.597. The fourth-order valence-corrected chi connectivity index (χ4v) is 12.5. The van der Waals surface area contributed by atoms with Crippen molar-refractivity contribution in [3.05, 3.63) is 35.9 Å². The average Bonchev–Trinajstić information content (AvgIpc) is 1.67. The standard InChI is InChI=1S/C77H119N23O30/c1-36(2)31-49(72(126)98-50(32-40-11-7-6-8-12-40)73(127)92-42(13-9-29-84-77(82)83)65(119)85-33-54(81)104)90-56(106)35-87-66(120)43(16-23-53(80)103)97-74(128)51-14-10-30-100(51)76(130)38(4)88-55(105)34-86-63(117)37(3)89-75(129)62(39(5)101)99-71(125)48(21-28-61(115)116)96-70(124)47(20-27-60(113)114)95-69(123)46(19-26-59(111)112)94-68(122)45(18-25-58(109)110)93-67(121)44(17-24-57(107)108)91-64(118)41(78)15-22-52(79)102/h6-8,11-12,36-39,41-51,62,101H,9-10,13-35,78H2,1-5H3,(H2,79,102)(H2,80,103)(H2,81,104)(H,85,119)(H,86,117)(H,87,120)(H,88,105)(H,89,129)(H,90,106)(H,91,118)(H,92,127)(H,93,121)(H,94,122)(H,95,123)(H,96,124)(H,97,128)(H,98,126)(H,99,125)(H,107,108)(H,109,110)(H,111,112)(H,113,114)(H,115,116)(H4,82,83,84)/t37-,38-,39+,41-,42-,43-,44-,45-,46-,47-,48-,49-,50-,51-,62-/m0/s1. The Balaban J connectivity index is 2.27. The Morgan fingerprint density at radius 3 is 1.19 bits per heavy atom. The molecule has 1 aromatic carbocycles. The molecule has 130 heavy (non-hydrogen) atoms. The molecule has 1 saturated heterocycles. The minimum absolute atomic E-state index is 0.00560. The molecule has 53 nitrogen and oxygen atoms in total. The summed E-state index contributed by atoms with van der Waals surface area (Å²) in [5.74, 6) is -29.0. The van der Waals surface area contributed by atoms with Crippen LogP contribution < -0.4 is 114 Å². The highest BCUT2D eigenvalue weighted by Gasteiger charge is 2.41. The molecular weight excluding hydrogens is 1730 g/mol. The van der Waals surface area contributed by atoms with Crippen molar-refractivity contribution in [2.24, 2.45) is 34.6 Å². The molecule has 19 amide bonds. The Bertz CT molecular complexity index is 4230. The van der Waals surface area contributed by atoms with E-state index in [2.05, 4.69) is 85.1 Å². The van der Waals surface area contributed by atoms with Crippen LogP contribution in [0.1, 0.15) is 162 Å². The van der Waals surface area contributed by atoms with Gasteiger partial charge in [0.15, 0.2) is 5.96 Å². The summed E-state index contributed by atoms with van der Waals surface area (Å²) in [5.41, 5.74) is 27.5. The number of rotatable bonds is 62. The van der Waals surface area contributed by atoms with Gasteiger partial charge in [-0.15, -0.1) is 0 Å². The Labute approximate surface area is 743 Å². The molecule has 722 valence electrons. The smallest absolute Gasteiger partial charge is 0.303 e. The van der Waals surface area contributed by atoms with Gasteiger partial charge in [-0.25, -0.2) is 0 Å². The minimum atomic E-state index is -2.10. The van der Waals surface area contributed by atoms with Crippen LogP contribution >= 0.6 is 0 Å². The van der Waals surface area contributed by atoms with Crippen LogP contribution in [0.25, 0.3) is 0 Å². The van der Waals surface area contributed by atoms with Crippen molar-refractivity contribution >= 4 is 148 Å². The van der Waals surface area contributed by atoms with Gasteiger partial charge in [-0.05, 0) is 109 Å². The molecule has 0 radical (unpaired) electrons. The molecule has 0 aromatic heterocycles. The van der Waals surface area contributed by atoms with Crippen LogP contribution in [-0.4, -0.2) is 307 Å². The summed E-state index contributed by atoms with van der Waals surface area (Å²) in [6.07, 6.45) is -11.9. The number of likely N-dealkylation sites (tertiary alicyclic amines) is 1. The predicted molar refractivity (Wildman–Crippen MR) is 447 cm³/mol. The lowest BCUT2D eigenvalue weighted by Gasteiger charge is -2.29. The number of aliphatic hydroxyl groups is 1. The van der Waals surface area contributed by atoms with Gasteiger partial charge in [0.05, 0.1) is 31.8 Å². The highest BCUT2D eigenvalue weighted by atomic mass is 16.4. The van der Waals surface area contributed by atoms with Gasteiger partial charge in [0.25, 0.3) is 0 Å². The van der Waals surface area contributed by atoms with Crippen molar-refractivity contribution in [3.8, 4) is 0 Å². The van der Waals surface area contributed by atoms with E-state index >= 15 is 0 Å². The number of nitrogens with two attached hydrogens (primary N) is 5. The summed E-state index contributed by atoms with van der Waals surface area (Å²) in [4.78, 5) is 315. The monoisotopic (exact) mass is 1850 g/mol. The van der Waals surface area contributed by atoms with Gasteiger partial charge >= 0.3 is 29.8 Å². The van der Waals surface area contributed by atoms with E-state index in [1.807, 2.05) is 0 Å². The first kappa shape index (κ1) is 112. The van der Waals surface area contributed by atoms with Crippen LogP contribution in [0.2, 0.25) is 0 Å². The molecular formula is C77H119N23O30. The lowest BCUT2D eigenvalue weighted by atomic mass is 10.0. The lowest BCUT2D eigenvalue weighted by molar-refractivity contribution is -0.142. The molecule has 1 aromatic rings. The molecule has 53 heteroatoms. The lowest BCUT2D eigenvalue weighted by Crippen LogP contribution is -2.61. The number of carbonyl (C=O) groups excluding carboxylic acids is 19. The van der Waals surface area contributed by atoms with Gasteiger partial charge in [-0.3, -0.25) is 120 Å². The summed E-state index contributed by atoms with van der Waals surface area (Å²) in [6.45, 7) is 4.45. The highest BCUT2D eigenvalue weighted by molar-refractivity contribution is 6.01. The highest BCUT2D eigenvalue weighted by Crippen LogP contribution is 2.20. The van der Waals surface area contributed by atoms with Crippen LogP contribution in [0.15, 0.2) is 30.3 Å². The number of primary amides is 3. The molecule has 2 rings (SSSR count). The van der Waals surface area contributed by atoms with Crippen molar-refractivity contribution < 1.29 is 146 Å². The fourth-order valence-electron chi connectivity index (χ4n) is 12.5. The quantitative estimate of drug-likeness (QED) is 0.0164. The molecule has 1 aliphatic heterocycles. The summed E-state index contributed by atoms with van der Waals surface area (Å²) in [7, 11) is 0. The average molecular weight is 1850 g/mol. The third-order valence-electron chi connectivity index (χ3n) is 19.3. The van der Waals surface area contributed by atoms with Gasteiger partial charge in [-0.2, -0.15) is 0 Å². The zero-order valence-electron chi connectivity index (χ0n) is 72.1. The topological polar surface area (TPSA) is 881 Å². The van der Waals surface area contributed by atoms with Gasteiger partial charge in [0.2, 0.25) is 112 Å². The van der Waals surface area contributed by atoms with Gasteiger partial charge in [0, 0.05) is 64.5 Å². The number of aliphatic carboxylic acids is 5. The van der Waals surface area contributed by atoms with E-state index < -0.39 is 336 Å². The van der Waals surface area contributed by atoms with E-state index in [0.29, 0.717) is 5.56 Å². The maximum atomic E-state index is 14.2. The molecule has 0 bridgehead atoms. The number of hydrogen-bond donors (Lipinski definition) is 28. The summed E-state index contributed by atoms with van der Waals surface area (Å²) >= 11 is 0. The van der Waals surface area contributed by atoms with Crippen molar-refractivity contribution in [3.63, 3.8) is 0 Å². The zero-order chi connectivity index (χ0) is 98.4. The number of carboxylic acid groups (broad SMARTS) is 5. The molecule has 1 aliphatic rings. The zero-order valence-corrected chi connectivity index (χ0v) is 72.1. The third kappa shape index (κ3) is 44.2. The van der Waals surface area contributed by atoms with E-state index in [9.17, 15) is 146 Å².